The molecule has 0 aliphatic heterocycles. The molecule has 1 saturated carbocycles. The Morgan fingerprint density at radius 2 is 1.96 bits per heavy atom. The van der Waals surface area contributed by atoms with Crippen LogP contribution in [0.1, 0.15) is 51.0 Å². The number of amides is 1. The summed E-state index contributed by atoms with van der Waals surface area (Å²) in [5.74, 6) is 0.285. The minimum absolute atomic E-state index is 0.0152. The Hall–Kier alpha value is -1.64. The highest BCUT2D eigenvalue weighted by Crippen LogP contribution is 2.24. The average Bonchev–Trinajstić information content (AvgIpc) is 2.67. The lowest BCUT2D eigenvalue weighted by Gasteiger charge is -2.22. The smallest absolute Gasteiger partial charge is 0.257 e. The predicted molar refractivity (Wildman–Crippen MR) is 108 cm³/mol. The number of hydrogen-bond acceptors (Lipinski definition) is 5. The molecule has 0 heterocycles. The second kappa shape index (κ2) is 11.4. The minimum atomic E-state index is -3.55. The SMILES string of the molecule is CCOCCCNC(=O)COc1ccc(S(=O)(=O)NC2CCCCC2)cc1C. The second-order valence-corrected chi connectivity index (χ2v) is 8.79. The van der Waals surface area contributed by atoms with Crippen LogP contribution in [0.2, 0.25) is 0 Å². The first kappa shape index (κ1) is 22.6. The topological polar surface area (TPSA) is 93.7 Å². The molecule has 1 amide bonds. The standard InChI is InChI=1S/C20H32N2O5S/c1-3-26-13-7-12-21-20(23)15-27-19-11-10-18(14-16(19)2)28(24,25)22-17-8-5-4-6-9-17/h10-11,14,17,22H,3-9,12-13,15H2,1-2H3,(H,21,23). The van der Waals surface area contributed by atoms with Crippen LogP contribution in [0.5, 0.6) is 5.75 Å². The van der Waals surface area contributed by atoms with Crippen molar-refractivity contribution in [1.29, 1.82) is 0 Å². The Kier molecular flexibility index (Phi) is 9.21. The Labute approximate surface area is 168 Å². The number of rotatable bonds is 11. The summed E-state index contributed by atoms with van der Waals surface area (Å²) in [5, 5.41) is 2.76. The fourth-order valence-corrected chi connectivity index (χ4v) is 4.59. The molecular weight excluding hydrogens is 380 g/mol. The molecule has 2 rings (SSSR count). The summed E-state index contributed by atoms with van der Waals surface area (Å²) in [6.07, 6.45) is 5.82. The van der Waals surface area contributed by atoms with Gasteiger partial charge >= 0.3 is 0 Å². The fourth-order valence-electron chi connectivity index (χ4n) is 3.20. The molecule has 0 saturated heterocycles. The van der Waals surface area contributed by atoms with Gasteiger partial charge in [-0.25, -0.2) is 13.1 Å². The molecule has 0 aromatic heterocycles. The van der Waals surface area contributed by atoms with Crippen molar-refractivity contribution >= 4 is 15.9 Å². The quantitative estimate of drug-likeness (QED) is 0.545. The minimum Gasteiger partial charge on any atom is -0.484 e. The van der Waals surface area contributed by atoms with Gasteiger partial charge in [0.25, 0.3) is 5.91 Å². The molecule has 1 aliphatic rings. The van der Waals surface area contributed by atoms with E-state index in [1.54, 1.807) is 19.1 Å². The van der Waals surface area contributed by atoms with Crippen LogP contribution in [0, 0.1) is 6.92 Å². The van der Waals surface area contributed by atoms with E-state index in [1.165, 1.54) is 12.5 Å². The lowest BCUT2D eigenvalue weighted by molar-refractivity contribution is -0.123. The van der Waals surface area contributed by atoms with E-state index in [1.807, 2.05) is 6.92 Å². The highest BCUT2D eigenvalue weighted by atomic mass is 32.2. The summed E-state index contributed by atoms with van der Waals surface area (Å²) < 4.78 is 38.7. The normalized spacial score (nSPS) is 15.4. The van der Waals surface area contributed by atoms with Crippen LogP contribution in [0.4, 0.5) is 0 Å². The molecule has 158 valence electrons. The summed E-state index contributed by atoms with van der Waals surface area (Å²) >= 11 is 0. The number of carbonyl (C=O) groups excluding carboxylic acids is 1. The van der Waals surface area contributed by atoms with Crippen LogP contribution >= 0.6 is 0 Å². The van der Waals surface area contributed by atoms with Gasteiger partial charge in [0, 0.05) is 25.8 Å². The van der Waals surface area contributed by atoms with Crippen molar-refractivity contribution in [1.82, 2.24) is 10.0 Å². The molecule has 0 spiro atoms. The molecule has 1 aromatic rings. The van der Waals surface area contributed by atoms with Crippen molar-refractivity contribution in [3.8, 4) is 5.75 Å². The Morgan fingerprint density at radius 3 is 2.64 bits per heavy atom. The first-order valence-corrected chi connectivity index (χ1v) is 11.5. The number of ether oxygens (including phenoxy) is 2. The predicted octanol–water partition coefficient (Wildman–Crippen LogP) is 2.53. The number of carbonyl (C=O) groups is 1. The lowest BCUT2D eigenvalue weighted by Crippen LogP contribution is -2.36. The summed E-state index contributed by atoms with van der Waals surface area (Å²) in [5.41, 5.74) is 0.677. The van der Waals surface area contributed by atoms with Crippen LogP contribution in [-0.4, -0.2) is 46.7 Å². The van der Waals surface area contributed by atoms with Gasteiger partial charge in [-0.1, -0.05) is 19.3 Å². The third-order valence-corrected chi connectivity index (χ3v) is 6.25. The van der Waals surface area contributed by atoms with Crippen LogP contribution in [-0.2, 0) is 19.6 Å². The average molecular weight is 413 g/mol. The summed E-state index contributed by atoms with van der Waals surface area (Å²) in [7, 11) is -3.55. The highest BCUT2D eigenvalue weighted by molar-refractivity contribution is 7.89. The molecule has 1 fully saturated rings. The van der Waals surface area contributed by atoms with Gasteiger partial charge < -0.3 is 14.8 Å². The Morgan fingerprint density at radius 1 is 1.21 bits per heavy atom. The zero-order valence-corrected chi connectivity index (χ0v) is 17.6. The summed E-state index contributed by atoms with van der Waals surface area (Å²) in [6.45, 7) is 5.40. The van der Waals surface area contributed by atoms with Crippen molar-refractivity contribution in [3.05, 3.63) is 23.8 Å². The molecule has 28 heavy (non-hydrogen) atoms. The van der Waals surface area contributed by atoms with Crippen LogP contribution < -0.4 is 14.8 Å². The third kappa shape index (κ3) is 7.41. The molecule has 8 heteroatoms. The van der Waals surface area contributed by atoms with E-state index >= 15 is 0 Å². The van der Waals surface area contributed by atoms with Gasteiger partial charge in [-0.3, -0.25) is 4.79 Å². The molecule has 0 bridgehead atoms. The molecule has 2 N–H and O–H groups in total. The molecule has 0 radical (unpaired) electrons. The number of nitrogens with one attached hydrogen (secondary N) is 2. The van der Waals surface area contributed by atoms with Gasteiger partial charge in [0.05, 0.1) is 4.90 Å². The van der Waals surface area contributed by atoms with E-state index in [-0.39, 0.29) is 23.5 Å². The van der Waals surface area contributed by atoms with E-state index in [0.29, 0.717) is 31.1 Å². The van der Waals surface area contributed by atoms with Crippen molar-refractivity contribution in [2.75, 3.05) is 26.4 Å². The zero-order chi connectivity index (χ0) is 20.4. The van der Waals surface area contributed by atoms with Crippen molar-refractivity contribution in [2.45, 2.75) is 63.3 Å². The zero-order valence-electron chi connectivity index (χ0n) is 16.8. The Balaban J connectivity index is 1.84. The van der Waals surface area contributed by atoms with Gasteiger partial charge in [0.15, 0.2) is 6.61 Å². The molecule has 1 aromatic carbocycles. The first-order valence-electron chi connectivity index (χ1n) is 10.0. The maximum absolute atomic E-state index is 12.6. The largest absolute Gasteiger partial charge is 0.484 e. The van der Waals surface area contributed by atoms with Gasteiger partial charge in [0.1, 0.15) is 5.75 Å². The monoisotopic (exact) mass is 412 g/mol. The van der Waals surface area contributed by atoms with E-state index < -0.39 is 10.0 Å². The van der Waals surface area contributed by atoms with Gasteiger partial charge in [-0.2, -0.15) is 0 Å². The molecule has 0 unspecified atom stereocenters. The summed E-state index contributed by atoms with van der Waals surface area (Å²) in [4.78, 5) is 12.1. The van der Waals surface area contributed by atoms with Crippen molar-refractivity contribution < 1.29 is 22.7 Å². The van der Waals surface area contributed by atoms with Crippen LogP contribution in [0.25, 0.3) is 0 Å². The molecular formula is C20H32N2O5S. The van der Waals surface area contributed by atoms with Crippen molar-refractivity contribution in [3.63, 3.8) is 0 Å². The van der Waals surface area contributed by atoms with Gasteiger partial charge in [-0.15, -0.1) is 0 Å². The Bertz CT molecular complexity index is 730. The lowest BCUT2D eigenvalue weighted by atomic mass is 9.96. The van der Waals surface area contributed by atoms with Crippen LogP contribution in [0.3, 0.4) is 0 Å². The van der Waals surface area contributed by atoms with E-state index in [2.05, 4.69) is 10.0 Å². The number of hydrogen-bond donors (Lipinski definition) is 2. The van der Waals surface area contributed by atoms with Gasteiger partial charge in [0.2, 0.25) is 10.0 Å². The van der Waals surface area contributed by atoms with Crippen LogP contribution in [0.15, 0.2) is 23.1 Å². The fraction of sp³-hybridized carbons (Fsp3) is 0.650. The van der Waals surface area contributed by atoms with E-state index in [9.17, 15) is 13.2 Å². The summed E-state index contributed by atoms with van der Waals surface area (Å²) in [6, 6.07) is 4.72. The van der Waals surface area contributed by atoms with Crippen molar-refractivity contribution in [2.24, 2.45) is 0 Å². The molecule has 7 nitrogen and oxygen atoms in total. The number of sulfonamides is 1. The van der Waals surface area contributed by atoms with E-state index in [4.69, 9.17) is 9.47 Å². The maximum atomic E-state index is 12.6. The third-order valence-electron chi connectivity index (χ3n) is 4.73. The maximum Gasteiger partial charge on any atom is 0.257 e. The van der Waals surface area contributed by atoms with Gasteiger partial charge in [-0.05, 0) is 56.9 Å². The molecule has 0 atom stereocenters. The first-order chi connectivity index (χ1) is 13.4. The highest BCUT2D eigenvalue weighted by Gasteiger charge is 2.22. The number of aryl methyl sites for hydroxylation is 1. The van der Waals surface area contributed by atoms with E-state index in [0.717, 1.165) is 32.1 Å². The second-order valence-electron chi connectivity index (χ2n) is 7.07. The number of benzene rings is 1. The molecule has 1 aliphatic carbocycles.